The summed E-state index contributed by atoms with van der Waals surface area (Å²) in [4.78, 5) is 4.83. The molecule has 0 atom stereocenters. The number of nitrogens with zero attached hydrogens (tertiary/aromatic N) is 2. The minimum atomic E-state index is -2.02. The molecule has 2 aliphatic heterocycles. The molecule has 0 N–H and O–H groups in total. The summed E-state index contributed by atoms with van der Waals surface area (Å²) in [7, 11) is 7.85. The molecule has 4 aliphatic rings. The predicted molar refractivity (Wildman–Crippen MR) is 159 cm³/mol. The molecule has 2 aromatic carbocycles. The Bertz CT molecular complexity index is 974. The number of hydrogen-bond donors (Lipinski definition) is 0. The van der Waals surface area contributed by atoms with Gasteiger partial charge in [0, 0.05) is 23.2 Å². The maximum atomic E-state index is 4.93. The van der Waals surface area contributed by atoms with Gasteiger partial charge in [-0.15, -0.1) is 0 Å². The molecule has 2 nitrogen and oxygen atoms in total. The third kappa shape index (κ3) is 5.12. The number of fused-ring (bicyclic) bond motifs is 2. The monoisotopic (exact) mass is 632 g/mol. The second-order valence-corrected chi connectivity index (χ2v) is 18.6. The normalized spacial score (nSPS) is 23.7. The summed E-state index contributed by atoms with van der Waals surface area (Å²) < 4.78 is 0. The second kappa shape index (κ2) is 11.9. The molecule has 190 valence electrons. The van der Waals surface area contributed by atoms with E-state index in [1.807, 2.05) is 0 Å². The Morgan fingerprint density at radius 3 is 1.26 bits per heavy atom. The van der Waals surface area contributed by atoms with E-state index in [0.717, 1.165) is 0 Å². The van der Waals surface area contributed by atoms with Crippen LogP contribution in [-0.2, 0) is 20.8 Å². The van der Waals surface area contributed by atoms with Crippen LogP contribution in [0.3, 0.4) is 0 Å². The van der Waals surface area contributed by atoms with Crippen molar-refractivity contribution in [3.63, 3.8) is 0 Å². The summed E-state index contributed by atoms with van der Waals surface area (Å²) in [6, 6.07) is 26.8. The van der Waals surface area contributed by atoms with Crippen molar-refractivity contribution in [2.45, 2.75) is 40.8 Å². The average Bonchev–Trinajstić information content (AvgIpc) is 3.56. The van der Waals surface area contributed by atoms with Gasteiger partial charge in [-0.3, -0.25) is 0 Å². The Labute approximate surface area is 251 Å². The summed E-state index contributed by atoms with van der Waals surface area (Å²) in [5.41, 5.74) is 5.62. The van der Waals surface area contributed by atoms with Gasteiger partial charge in [-0.25, -0.2) is 0 Å². The van der Waals surface area contributed by atoms with Gasteiger partial charge in [0.05, 0.1) is 32.2 Å². The van der Waals surface area contributed by atoms with Gasteiger partial charge < -0.3 is 9.80 Å². The summed E-state index contributed by atoms with van der Waals surface area (Å²) in [6.07, 6.45) is 9.65. The van der Waals surface area contributed by atoms with Crippen LogP contribution >= 0.6 is 17.0 Å². The Morgan fingerprint density at radius 2 is 0.921 bits per heavy atom. The van der Waals surface area contributed by atoms with E-state index in [0.29, 0.717) is 0 Å². The molecule has 6 heteroatoms. The average molecular weight is 635 g/mol. The van der Waals surface area contributed by atoms with Crippen molar-refractivity contribution in [2.75, 3.05) is 9.80 Å². The molecule has 6 rings (SSSR count). The van der Waals surface area contributed by atoms with E-state index in [1.165, 1.54) is 59.2 Å². The van der Waals surface area contributed by atoms with Crippen LogP contribution in [0.5, 0.6) is 0 Å². The number of anilines is 2. The van der Waals surface area contributed by atoms with Crippen LogP contribution in [0.4, 0.5) is 11.4 Å². The number of benzene rings is 2. The first-order valence-electron chi connectivity index (χ1n) is 12.9. The molecule has 0 bridgehead atoms. The Hall–Kier alpha value is -0.280. The number of halogens is 2. The van der Waals surface area contributed by atoms with E-state index in [4.69, 9.17) is 17.0 Å². The molecule has 2 heterocycles. The van der Waals surface area contributed by atoms with Crippen molar-refractivity contribution < 1.29 is 20.8 Å². The van der Waals surface area contributed by atoms with Gasteiger partial charge >= 0.3 is 37.9 Å². The molecule has 0 unspecified atom stereocenters. The fourth-order valence-corrected chi connectivity index (χ4v) is 10.7. The Balaban J connectivity index is 0.000000937. The Kier molecular flexibility index (Phi) is 9.16. The van der Waals surface area contributed by atoms with Gasteiger partial charge in [0.15, 0.2) is 0 Å². The molecule has 0 aromatic heterocycles. The SMILES string of the molecule is C[C]1[CH][C]2[C]([CH][C](C)N2c2ccccc2)[C]1[Si](C)(C)[C]1[C](C)[CH][C]2[C]1[CH][C](C)N2c1ccccc1.[Cl][Zr+2][Cl]. The predicted octanol–water partition coefficient (Wildman–Crippen LogP) is 8.69. The van der Waals surface area contributed by atoms with Gasteiger partial charge in [0.25, 0.3) is 0 Å². The number of para-hydroxylation sites is 2. The topological polar surface area (TPSA) is 6.48 Å². The van der Waals surface area contributed by atoms with Crippen molar-refractivity contribution in [2.24, 2.45) is 0 Å². The minimum absolute atomic E-state index is 0.826. The van der Waals surface area contributed by atoms with E-state index in [9.17, 15) is 0 Å². The second-order valence-electron chi connectivity index (χ2n) is 10.6. The van der Waals surface area contributed by atoms with Crippen molar-refractivity contribution >= 4 is 36.5 Å². The first-order chi connectivity index (χ1) is 18.2. The van der Waals surface area contributed by atoms with E-state index in [1.54, 1.807) is 11.1 Å². The van der Waals surface area contributed by atoms with Crippen molar-refractivity contribution in [1.82, 2.24) is 0 Å². The first kappa shape index (κ1) is 29.2. The van der Waals surface area contributed by atoms with E-state index in [2.05, 4.69) is 137 Å². The van der Waals surface area contributed by atoms with Crippen LogP contribution in [0.25, 0.3) is 0 Å². The summed E-state index contributed by atoms with van der Waals surface area (Å²) in [5, 5.41) is 0. The fourth-order valence-electron chi connectivity index (χ4n) is 6.60. The zero-order valence-electron chi connectivity index (χ0n) is 22.7. The van der Waals surface area contributed by atoms with Gasteiger partial charge in [-0.05, 0) is 86.7 Å². The molecule has 2 saturated carbocycles. The zero-order valence-corrected chi connectivity index (χ0v) is 27.7. The molecular formula is C32H32Cl2N2SiZr+2. The molecule has 2 aliphatic carbocycles. The van der Waals surface area contributed by atoms with Gasteiger partial charge in [-0.1, -0.05) is 63.3 Å². The fraction of sp³-hybridized carbons (Fsp3) is 0.188. The molecule has 4 fully saturated rings. The Morgan fingerprint density at radius 1 is 0.579 bits per heavy atom. The molecule has 14 radical (unpaired) electrons. The van der Waals surface area contributed by atoms with Gasteiger partial charge in [-0.2, -0.15) is 0 Å². The van der Waals surface area contributed by atoms with E-state index < -0.39 is 28.9 Å². The number of hydrogen-bond acceptors (Lipinski definition) is 2. The zero-order chi connectivity index (χ0) is 27.2. The standard InChI is InChI=1S/C32H32N2Si.2ClH.Zr/c1-21-17-29-27(19-23(3)33(29)25-13-9-7-10-14-25)31(21)35(5,6)32-22(2)18-30-28(32)20-24(4)34(30)26-15-11-8-12-16-26;;;/h7-20H,1-6H3;2*1H;/q;;;+4/p-2. The van der Waals surface area contributed by atoms with E-state index in [-0.39, 0.29) is 0 Å². The first-order valence-corrected chi connectivity index (χ1v) is 22.2. The quantitative estimate of drug-likeness (QED) is 0.311. The third-order valence-corrected chi connectivity index (χ3v) is 11.6. The van der Waals surface area contributed by atoms with E-state index >= 15 is 0 Å². The van der Waals surface area contributed by atoms with Crippen LogP contribution in [0.15, 0.2) is 60.7 Å². The van der Waals surface area contributed by atoms with Crippen molar-refractivity contribution in [3.05, 3.63) is 145 Å². The van der Waals surface area contributed by atoms with Crippen molar-refractivity contribution in [1.29, 1.82) is 0 Å². The molecular weight excluding hydrogens is 603 g/mol. The summed E-state index contributed by atoms with van der Waals surface area (Å²) in [5.74, 6) is 5.69. The third-order valence-electron chi connectivity index (χ3n) is 7.76. The summed E-state index contributed by atoms with van der Waals surface area (Å²) >= 11 is -0.826. The van der Waals surface area contributed by atoms with Crippen LogP contribution in [0, 0.1) is 84.6 Å². The molecule has 2 saturated heterocycles. The van der Waals surface area contributed by atoms with Gasteiger partial charge in [0.2, 0.25) is 0 Å². The van der Waals surface area contributed by atoms with Crippen LogP contribution in [-0.4, -0.2) is 8.07 Å². The molecule has 38 heavy (non-hydrogen) atoms. The molecule has 0 amide bonds. The van der Waals surface area contributed by atoms with Crippen molar-refractivity contribution in [3.8, 4) is 0 Å². The van der Waals surface area contributed by atoms with Crippen LogP contribution in [0.1, 0.15) is 27.7 Å². The maximum absolute atomic E-state index is 4.93. The molecule has 2 aromatic rings. The summed E-state index contributed by atoms with van der Waals surface area (Å²) in [6.45, 7) is 14.2. The van der Waals surface area contributed by atoms with Gasteiger partial charge in [0.1, 0.15) is 0 Å². The van der Waals surface area contributed by atoms with Crippen LogP contribution < -0.4 is 9.80 Å². The number of rotatable bonds is 4. The van der Waals surface area contributed by atoms with Crippen LogP contribution in [0.2, 0.25) is 13.1 Å². The molecule has 0 spiro atoms.